The Morgan fingerprint density at radius 2 is 2.25 bits per heavy atom. The minimum atomic E-state index is -0.873. The predicted octanol–water partition coefficient (Wildman–Crippen LogP) is 3.52. The lowest BCUT2D eigenvalue weighted by Gasteiger charge is -2.37. The molecular weight excluding hydrogens is 555 g/mol. The number of amidine groups is 1. The predicted molar refractivity (Wildman–Crippen MR) is 135 cm³/mol. The van der Waals surface area contributed by atoms with Crippen LogP contribution in [0.15, 0.2) is 50.5 Å². The molecule has 2 N–H and O–H groups in total. The van der Waals surface area contributed by atoms with Gasteiger partial charge in [-0.05, 0) is 31.0 Å². The Morgan fingerprint density at radius 1 is 1.42 bits per heavy atom. The lowest BCUT2D eigenvalue weighted by Crippen LogP contribution is -2.49. The van der Waals surface area contributed by atoms with Crippen LogP contribution in [0.2, 0.25) is 0 Å². The molecule has 0 amide bonds. The minimum Gasteiger partial charge on any atom is -0.481 e. The van der Waals surface area contributed by atoms with Crippen molar-refractivity contribution in [1.82, 2.24) is 15.2 Å². The van der Waals surface area contributed by atoms with Crippen LogP contribution in [0.3, 0.4) is 0 Å². The van der Waals surface area contributed by atoms with E-state index in [0.29, 0.717) is 64.9 Å². The topological polar surface area (TPSA) is 113 Å². The molecule has 4 rings (SSSR count). The third-order valence-corrected chi connectivity index (χ3v) is 7.38. The zero-order valence-electron chi connectivity index (χ0n) is 19.6. The fourth-order valence-electron chi connectivity index (χ4n) is 4.22. The smallest absolute Gasteiger partial charge is 0.338 e. The van der Waals surface area contributed by atoms with Gasteiger partial charge in [-0.1, -0.05) is 22.0 Å². The first-order valence-corrected chi connectivity index (χ1v) is 13.2. The highest BCUT2D eigenvalue weighted by molar-refractivity contribution is 9.10. The van der Waals surface area contributed by atoms with Crippen molar-refractivity contribution in [3.05, 3.63) is 61.9 Å². The van der Waals surface area contributed by atoms with Crippen molar-refractivity contribution >= 4 is 45.0 Å². The number of aromatic nitrogens is 1. The average Bonchev–Trinajstić information content (AvgIpc) is 3.38. The standard InChI is InChI=1S/C24H26BrFN4O5S/c1-2-35-24(33)20-18(12-30-8-9-34-13-15(30)4-6-19(31)32)28-22(23-27-7-10-36-23)29-21(20)16-5-3-14(26)11-17(16)25/h3,5,7,10-11,15,21H,2,4,6,8-9,12-13H2,1H3,(H,28,29)(H,31,32)/t15-,21+/m1/s1. The van der Waals surface area contributed by atoms with Gasteiger partial charge in [0.1, 0.15) is 11.9 Å². The molecule has 2 atom stereocenters. The zero-order valence-corrected chi connectivity index (χ0v) is 22.0. The van der Waals surface area contributed by atoms with Crippen LogP contribution >= 0.6 is 27.3 Å². The maximum absolute atomic E-state index is 13.9. The second-order valence-corrected chi connectivity index (χ2v) is 10.0. The summed E-state index contributed by atoms with van der Waals surface area (Å²) in [5.74, 6) is -1.33. The second-order valence-electron chi connectivity index (χ2n) is 8.25. The first-order valence-electron chi connectivity index (χ1n) is 11.5. The molecule has 1 aromatic heterocycles. The minimum absolute atomic E-state index is 0.0126. The van der Waals surface area contributed by atoms with E-state index >= 15 is 0 Å². The van der Waals surface area contributed by atoms with Gasteiger partial charge >= 0.3 is 11.9 Å². The number of benzene rings is 1. The number of nitrogens with one attached hydrogen (secondary N) is 1. The number of carboxylic acid groups (broad SMARTS) is 1. The molecule has 12 heteroatoms. The van der Waals surface area contributed by atoms with Crippen molar-refractivity contribution in [2.45, 2.75) is 31.8 Å². The Morgan fingerprint density at radius 3 is 2.94 bits per heavy atom. The van der Waals surface area contributed by atoms with Crippen LogP contribution in [0.25, 0.3) is 0 Å². The molecule has 36 heavy (non-hydrogen) atoms. The number of carbonyl (C=O) groups is 2. The van der Waals surface area contributed by atoms with Gasteiger partial charge in [0.15, 0.2) is 10.8 Å². The number of thiazole rings is 1. The fourth-order valence-corrected chi connectivity index (χ4v) is 5.38. The van der Waals surface area contributed by atoms with Crippen molar-refractivity contribution in [1.29, 1.82) is 0 Å². The van der Waals surface area contributed by atoms with E-state index in [1.807, 2.05) is 5.38 Å². The molecule has 0 aliphatic carbocycles. The van der Waals surface area contributed by atoms with Crippen molar-refractivity contribution in [3.8, 4) is 0 Å². The highest BCUT2D eigenvalue weighted by atomic mass is 79.9. The molecular formula is C24H26BrFN4O5S. The molecule has 0 bridgehead atoms. The number of ether oxygens (including phenoxy) is 2. The van der Waals surface area contributed by atoms with Crippen LogP contribution in [0, 0.1) is 5.82 Å². The largest absolute Gasteiger partial charge is 0.481 e. The summed E-state index contributed by atoms with van der Waals surface area (Å²) >= 11 is 4.83. The van der Waals surface area contributed by atoms with Gasteiger partial charge in [-0.2, -0.15) is 0 Å². The molecule has 2 aliphatic rings. The molecule has 0 unspecified atom stereocenters. The second kappa shape index (κ2) is 12.0. The number of nitrogens with zero attached hydrogens (tertiary/aromatic N) is 3. The maximum atomic E-state index is 13.9. The molecule has 0 spiro atoms. The number of carboxylic acids is 1. The van der Waals surface area contributed by atoms with E-state index < -0.39 is 23.8 Å². The molecule has 2 aromatic rings. The van der Waals surface area contributed by atoms with E-state index in [1.54, 1.807) is 19.2 Å². The number of halogens is 2. The first kappa shape index (κ1) is 26.4. The quantitative estimate of drug-likeness (QED) is 0.433. The summed E-state index contributed by atoms with van der Waals surface area (Å²) in [4.78, 5) is 35.8. The lowest BCUT2D eigenvalue weighted by molar-refractivity contribution is -0.139. The van der Waals surface area contributed by atoms with Gasteiger partial charge < -0.3 is 19.9 Å². The van der Waals surface area contributed by atoms with E-state index in [9.17, 15) is 19.1 Å². The molecule has 1 aromatic carbocycles. The van der Waals surface area contributed by atoms with E-state index in [-0.39, 0.29) is 19.1 Å². The Bertz CT molecular complexity index is 1170. The summed E-state index contributed by atoms with van der Waals surface area (Å²) < 4.78 is 25.4. The van der Waals surface area contributed by atoms with Crippen LogP contribution in [0.1, 0.15) is 36.4 Å². The first-order chi connectivity index (χ1) is 17.4. The molecule has 192 valence electrons. The highest BCUT2D eigenvalue weighted by Crippen LogP contribution is 2.37. The van der Waals surface area contributed by atoms with Gasteiger partial charge in [-0.3, -0.25) is 14.7 Å². The SMILES string of the molecule is CCOC(=O)C1=C(CN2CCOC[C@H]2CCC(=O)O)NC(c2nccs2)=N[C@H]1c1ccc(F)cc1Br. The van der Waals surface area contributed by atoms with Crippen molar-refractivity contribution in [3.63, 3.8) is 0 Å². The number of hydrogen-bond acceptors (Lipinski definition) is 9. The molecule has 2 aliphatic heterocycles. The number of aliphatic imine (C=N–C) groups is 1. The number of esters is 1. The molecule has 0 radical (unpaired) electrons. The fraction of sp³-hybridized carbons (Fsp3) is 0.417. The number of aliphatic carboxylic acids is 1. The number of hydrogen-bond donors (Lipinski definition) is 2. The average molecular weight is 581 g/mol. The lowest BCUT2D eigenvalue weighted by atomic mass is 9.95. The van der Waals surface area contributed by atoms with Crippen LogP contribution in [-0.2, 0) is 19.1 Å². The van der Waals surface area contributed by atoms with E-state index in [0.717, 1.165) is 0 Å². The Balaban J connectivity index is 1.78. The normalized spacial score (nSPS) is 20.6. The third-order valence-electron chi connectivity index (χ3n) is 5.92. The molecule has 0 saturated carbocycles. The van der Waals surface area contributed by atoms with E-state index in [2.05, 4.69) is 31.1 Å². The van der Waals surface area contributed by atoms with Gasteiger partial charge in [0.2, 0.25) is 0 Å². The Labute approximate surface area is 220 Å². The van der Waals surface area contributed by atoms with Crippen LogP contribution < -0.4 is 5.32 Å². The molecule has 3 heterocycles. The van der Waals surface area contributed by atoms with Gasteiger partial charge in [0, 0.05) is 47.3 Å². The molecule has 9 nitrogen and oxygen atoms in total. The molecule has 1 saturated heterocycles. The van der Waals surface area contributed by atoms with E-state index in [1.165, 1.54) is 23.5 Å². The summed E-state index contributed by atoms with van der Waals surface area (Å²) in [5, 5.41) is 14.9. The summed E-state index contributed by atoms with van der Waals surface area (Å²) in [6.07, 6.45) is 2.09. The monoisotopic (exact) mass is 580 g/mol. The number of carbonyl (C=O) groups excluding carboxylic acids is 1. The zero-order chi connectivity index (χ0) is 25.7. The van der Waals surface area contributed by atoms with Crippen LogP contribution in [0.5, 0.6) is 0 Å². The van der Waals surface area contributed by atoms with Crippen molar-refractivity contribution < 1.29 is 28.6 Å². The van der Waals surface area contributed by atoms with Gasteiger partial charge in [-0.25, -0.2) is 14.2 Å². The van der Waals surface area contributed by atoms with Crippen molar-refractivity contribution in [2.24, 2.45) is 4.99 Å². The summed E-state index contributed by atoms with van der Waals surface area (Å²) in [6, 6.07) is 3.35. The van der Waals surface area contributed by atoms with Gasteiger partial charge in [0.25, 0.3) is 0 Å². The Hall–Kier alpha value is -2.67. The summed E-state index contributed by atoms with van der Waals surface area (Å²) in [7, 11) is 0. The maximum Gasteiger partial charge on any atom is 0.338 e. The number of rotatable bonds is 9. The highest BCUT2D eigenvalue weighted by Gasteiger charge is 2.36. The van der Waals surface area contributed by atoms with Crippen LogP contribution in [0.4, 0.5) is 4.39 Å². The van der Waals surface area contributed by atoms with E-state index in [4.69, 9.17) is 14.5 Å². The third kappa shape index (κ3) is 6.17. The summed E-state index contributed by atoms with van der Waals surface area (Å²) in [5.41, 5.74) is 1.50. The van der Waals surface area contributed by atoms with Crippen LogP contribution in [-0.4, -0.2) is 71.7 Å². The Kier molecular flexibility index (Phi) is 8.83. The molecule has 1 fully saturated rings. The van der Waals surface area contributed by atoms with Crippen molar-refractivity contribution in [2.75, 3.05) is 32.9 Å². The van der Waals surface area contributed by atoms with Gasteiger partial charge in [-0.15, -0.1) is 11.3 Å². The van der Waals surface area contributed by atoms with Gasteiger partial charge in [0.05, 0.1) is 25.4 Å². The summed E-state index contributed by atoms with van der Waals surface area (Å²) in [6.45, 7) is 3.68. The number of morpholine rings is 1.